The normalized spacial score (nSPS) is 11.2. The van der Waals surface area contributed by atoms with E-state index in [1.807, 2.05) is 0 Å². The van der Waals surface area contributed by atoms with E-state index in [4.69, 9.17) is 172 Å². The molecule has 0 heterocycles. The largest absolute Gasteiger partial charge is 0.448 e. The summed E-state index contributed by atoms with van der Waals surface area (Å²) in [7, 11) is 0. The highest BCUT2D eigenvalue weighted by atomic mass is 35.5. The molecule has 0 aliphatic heterocycles. The maximum Gasteiger partial charge on any atom is 0.191 e. The molecule has 16 heteroatoms. The molecule has 0 saturated carbocycles. The fourth-order valence-electron chi connectivity index (χ4n) is 2.33. The van der Waals surface area contributed by atoms with Crippen molar-refractivity contribution < 1.29 is 9.47 Å². The van der Waals surface area contributed by atoms with Crippen molar-refractivity contribution in [1.29, 1.82) is 0 Å². The topological polar surface area (TPSA) is 18.5 Å². The maximum atomic E-state index is 6.38. The van der Waals surface area contributed by atoms with Crippen LogP contribution in [0.3, 0.4) is 0 Å². The van der Waals surface area contributed by atoms with Gasteiger partial charge in [-0.15, -0.1) is 0 Å². The molecule has 3 aromatic rings. The van der Waals surface area contributed by atoms with Gasteiger partial charge in [0.25, 0.3) is 0 Å². The molecule has 0 aromatic heterocycles. The summed E-state index contributed by atoms with van der Waals surface area (Å²) in [5, 5.41) is -2.58. The van der Waals surface area contributed by atoms with Crippen molar-refractivity contribution in [3.8, 4) is 23.0 Å². The van der Waals surface area contributed by atoms with Gasteiger partial charge in [0.15, 0.2) is 23.0 Å². The van der Waals surface area contributed by atoms with Crippen molar-refractivity contribution in [2.75, 3.05) is 0 Å². The molecular weight excluding hydrogens is 745 g/mol. The zero-order chi connectivity index (χ0) is 25.8. The maximum absolute atomic E-state index is 6.38. The predicted molar refractivity (Wildman–Crippen MR) is 150 cm³/mol. The fraction of sp³-hybridized carbons (Fsp3) is 0. The Kier molecular flexibility index (Phi) is 10.2. The van der Waals surface area contributed by atoms with E-state index in [1.165, 1.54) is 0 Å². The highest BCUT2D eigenvalue weighted by molar-refractivity contribution is 6.57. The molecule has 0 saturated heterocycles. The summed E-state index contributed by atoms with van der Waals surface area (Å²) in [5.74, 6) is -1.16. The Hall–Kier alpha value is 1.32. The van der Waals surface area contributed by atoms with Crippen LogP contribution < -0.4 is 9.47 Å². The lowest BCUT2D eigenvalue weighted by Gasteiger charge is -2.21. The molecule has 3 aromatic carbocycles. The number of halogens is 14. The number of ether oxygens (including phenoxy) is 2. The second-order valence-electron chi connectivity index (χ2n) is 5.92. The van der Waals surface area contributed by atoms with Gasteiger partial charge < -0.3 is 9.47 Å². The SMILES string of the molecule is Clc1c(Cl)c(Cl)c(Oc2c(Cl)c(Cl)c(Cl)c(Cl)c2Oc2c(Cl)c(Cl)c(Cl)c(Cl)c2Cl)c(Cl)c1Cl. The Morgan fingerprint density at radius 2 is 0.353 bits per heavy atom. The van der Waals surface area contributed by atoms with Crippen LogP contribution in [0.1, 0.15) is 0 Å². The van der Waals surface area contributed by atoms with Crippen molar-refractivity contribution in [3.63, 3.8) is 0 Å². The Morgan fingerprint density at radius 3 is 0.559 bits per heavy atom. The van der Waals surface area contributed by atoms with Gasteiger partial charge in [-0.2, -0.15) is 0 Å². The highest BCUT2D eigenvalue weighted by Gasteiger charge is 2.30. The summed E-state index contributed by atoms with van der Waals surface area (Å²) in [4.78, 5) is 0. The summed E-state index contributed by atoms with van der Waals surface area (Å²) in [6, 6.07) is 0. The molecule has 0 fully saturated rings. The third kappa shape index (κ3) is 5.26. The van der Waals surface area contributed by atoms with Crippen LogP contribution in [0.4, 0.5) is 0 Å². The first-order valence-electron chi connectivity index (χ1n) is 7.96. The van der Waals surface area contributed by atoms with Gasteiger partial charge in [0.1, 0.15) is 30.1 Å². The average Bonchev–Trinajstić information content (AvgIpc) is 2.82. The first-order chi connectivity index (χ1) is 15.7. The summed E-state index contributed by atoms with van der Waals surface area (Å²) in [6.45, 7) is 0. The second kappa shape index (κ2) is 11.6. The minimum atomic E-state index is -0.325. The first kappa shape index (κ1) is 29.9. The van der Waals surface area contributed by atoms with Crippen LogP contribution in [0.2, 0.25) is 70.3 Å². The molecule has 0 unspecified atom stereocenters. The zero-order valence-corrected chi connectivity index (χ0v) is 25.7. The minimum absolute atomic E-state index is 0.107. The van der Waals surface area contributed by atoms with Gasteiger partial charge in [0, 0.05) is 0 Å². The van der Waals surface area contributed by atoms with E-state index >= 15 is 0 Å². The van der Waals surface area contributed by atoms with Gasteiger partial charge in [-0.05, 0) is 0 Å². The van der Waals surface area contributed by atoms with Gasteiger partial charge in [-0.25, -0.2) is 0 Å². The number of benzene rings is 3. The molecular formula is C18Cl14O2. The molecule has 0 aliphatic rings. The Labute approximate surface area is 262 Å². The molecule has 0 radical (unpaired) electrons. The number of rotatable bonds is 4. The van der Waals surface area contributed by atoms with Crippen LogP contribution in [0, 0.1) is 0 Å². The van der Waals surface area contributed by atoms with E-state index in [0.29, 0.717) is 0 Å². The molecule has 0 aliphatic carbocycles. The van der Waals surface area contributed by atoms with E-state index in [-0.39, 0.29) is 93.3 Å². The highest BCUT2D eigenvalue weighted by Crippen LogP contribution is 2.58. The lowest BCUT2D eigenvalue weighted by atomic mass is 10.2. The molecule has 0 amide bonds. The van der Waals surface area contributed by atoms with Gasteiger partial charge in [0.2, 0.25) is 0 Å². The summed E-state index contributed by atoms with van der Waals surface area (Å²) < 4.78 is 11.6. The zero-order valence-electron chi connectivity index (χ0n) is 15.1. The molecule has 0 atom stereocenters. The lowest BCUT2D eigenvalue weighted by Crippen LogP contribution is -1.98. The standard InChI is InChI=1S/C18Cl14O2/c19-1-3(21)9(27)15(10(28)4(1)22)33-17-13(31)7(25)8(26)14(32)18(17)34-16-11(29)5(23)2(20)6(24)12(16)30. The molecule has 34 heavy (non-hydrogen) atoms. The fourth-order valence-corrected chi connectivity index (χ4v) is 5.62. The monoisotopic (exact) mass is 738 g/mol. The first-order valence-corrected chi connectivity index (χ1v) is 13.3. The Morgan fingerprint density at radius 1 is 0.206 bits per heavy atom. The van der Waals surface area contributed by atoms with E-state index < -0.39 is 0 Å². The van der Waals surface area contributed by atoms with Crippen molar-refractivity contribution >= 4 is 162 Å². The Bertz CT molecular complexity index is 1190. The van der Waals surface area contributed by atoms with Crippen LogP contribution in [-0.4, -0.2) is 0 Å². The van der Waals surface area contributed by atoms with Crippen LogP contribution in [-0.2, 0) is 0 Å². The third-order valence-electron chi connectivity index (χ3n) is 3.93. The van der Waals surface area contributed by atoms with Crippen LogP contribution in [0.25, 0.3) is 0 Å². The predicted octanol–water partition coefficient (Wildman–Crippen LogP) is 14.4. The van der Waals surface area contributed by atoms with E-state index in [0.717, 1.165) is 0 Å². The van der Waals surface area contributed by atoms with Crippen molar-refractivity contribution in [2.24, 2.45) is 0 Å². The van der Waals surface area contributed by atoms with Crippen molar-refractivity contribution in [3.05, 3.63) is 70.3 Å². The van der Waals surface area contributed by atoms with Crippen molar-refractivity contribution in [1.82, 2.24) is 0 Å². The number of hydrogen-bond acceptors (Lipinski definition) is 2. The summed E-state index contributed by atoms with van der Waals surface area (Å²) in [5.41, 5.74) is 0. The molecule has 3 rings (SSSR count). The van der Waals surface area contributed by atoms with Gasteiger partial charge >= 0.3 is 0 Å². The van der Waals surface area contributed by atoms with Crippen LogP contribution in [0.15, 0.2) is 0 Å². The van der Waals surface area contributed by atoms with Crippen molar-refractivity contribution in [2.45, 2.75) is 0 Å². The second-order valence-corrected chi connectivity index (χ2v) is 11.2. The molecule has 2 nitrogen and oxygen atoms in total. The lowest BCUT2D eigenvalue weighted by molar-refractivity contribution is 0.420. The van der Waals surface area contributed by atoms with Gasteiger partial charge in [-0.1, -0.05) is 162 Å². The quantitative estimate of drug-likeness (QED) is 0.196. The van der Waals surface area contributed by atoms with Gasteiger partial charge in [-0.3, -0.25) is 0 Å². The molecule has 0 bridgehead atoms. The van der Waals surface area contributed by atoms with E-state index in [1.54, 1.807) is 0 Å². The Balaban J connectivity index is 2.32. The van der Waals surface area contributed by atoms with Crippen LogP contribution in [0.5, 0.6) is 23.0 Å². The summed E-state index contributed by atoms with van der Waals surface area (Å²) >= 11 is 86.7. The number of hydrogen-bond donors (Lipinski definition) is 0. The van der Waals surface area contributed by atoms with Gasteiger partial charge in [0.05, 0.1) is 40.2 Å². The van der Waals surface area contributed by atoms with E-state index in [9.17, 15) is 0 Å². The van der Waals surface area contributed by atoms with Crippen LogP contribution >= 0.6 is 162 Å². The molecule has 182 valence electrons. The third-order valence-corrected chi connectivity index (χ3v) is 10.2. The molecule has 0 N–H and O–H groups in total. The smallest absolute Gasteiger partial charge is 0.191 e. The minimum Gasteiger partial charge on any atom is -0.448 e. The summed E-state index contributed by atoms with van der Waals surface area (Å²) in [6.07, 6.45) is 0. The average molecular weight is 745 g/mol. The van der Waals surface area contributed by atoms with E-state index in [2.05, 4.69) is 0 Å². The molecule has 0 spiro atoms.